The van der Waals surface area contributed by atoms with Crippen LogP contribution in [0.1, 0.15) is 18.4 Å². The maximum Gasteiger partial charge on any atom is 0.157 e. The number of aromatic nitrogens is 3. The van der Waals surface area contributed by atoms with Crippen molar-refractivity contribution < 1.29 is 0 Å². The average molecular weight is 245 g/mol. The lowest BCUT2D eigenvalue weighted by atomic mass is 10.3. The lowest BCUT2D eigenvalue weighted by Gasteiger charge is -2.15. The molecule has 1 fully saturated rings. The van der Waals surface area contributed by atoms with E-state index in [0.717, 1.165) is 24.6 Å². The minimum atomic E-state index is 0.902. The third kappa shape index (κ3) is 2.31. The quantitative estimate of drug-likeness (QED) is 0.887. The topological polar surface area (TPSA) is 45.5 Å². The van der Waals surface area contributed by atoms with Crippen LogP contribution >= 0.6 is 0 Å². The van der Waals surface area contributed by atoms with Gasteiger partial charge in [0.25, 0.3) is 0 Å². The van der Waals surface area contributed by atoms with Crippen LogP contribution in [0.4, 0.5) is 5.82 Å². The number of hydrogen-bond acceptors (Lipinski definition) is 4. The molecule has 1 aliphatic rings. The fourth-order valence-electron chi connectivity index (χ4n) is 2.53. The Bertz CT molecular complexity index is 527. The SMILES string of the molecule is Cc1cc(NCCN2CCCC2)n2ncnc2c1. The van der Waals surface area contributed by atoms with Crippen molar-refractivity contribution in [3.63, 3.8) is 0 Å². The van der Waals surface area contributed by atoms with Gasteiger partial charge in [0.2, 0.25) is 0 Å². The molecular weight excluding hydrogens is 226 g/mol. The molecule has 0 amide bonds. The highest BCUT2D eigenvalue weighted by atomic mass is 15.3. The minimum absolute atomic E-state index is 0.902. The number of aryl methyl sites for hydroxylation is 1. The number of pyridine rings is 1. The molecule has 3 heterocycles. The molecule has 96 valence electrons. The normalized spacial score (nSPS) is 16.5. The molecule has 0 aliphatic carbocycles. The average Bonchev–Trinajstić information content (AvgIpc) is 2.98. The Hall–Kier alpha value is -1.62. The van der Waals surface area contributed by atoms with E-state index in [1.54, 1.807) is 6.33 Å². The van der Waals surface area contributed by atoms with Gasteiger partial charge in [-0.05, 0) is 50.6 Å². The van der Waals surface area contributed by atoms with Crippen molar-refractivity contribution in [3.8, 4) is 0 Å². The number of hydrogen-bond donors (Lipinski definition) is 1. The van der Waals surface area contributed by atoms with Gasteiger partial charge < -0.3 is 10.2 Å². The van der Waals surface area contributed by atoms with Gasteiger partial charge in [0.05, 0.1) is 0 Å². The second kappa shape index (κ2) is 4.94. The number of rotatable bonds is 4. The van der Waals surface area contributed by atoms with Crippen LogP contribution in [0.5, 0.6) is 0 Å². The van der Waals surface area contributed by atoms with E-state index in [4.69, 9.17) is 0 Å². The summed E-state index contributed by atoms with van der Waals surface area (Å²) in [4.78, 5) is 6.73. The molecule has 5 nitrogen and oxygen atoms in total. The van der Waals surface area contributed by atoms with Crippen molar-refractivity contribution in [2.75, 3.05) is 31.5 Å². The summed E-state index contributed by atoms with van der Waals surface area (Å²) in [5.41, 5.74) is 2.11. The van der Waals surface area contributed by atoms with E-state index in [1.165, 1.54) is 31.5 Å². The summed E-state index contributed by atoms with van der Waals surface area (Å²) in [7, 11) is 0. The predicted octanol–water partition coefficient (Wildman–Crippen LogP) is 1.55. The number of likely N-dealkylation sites (tertiary alicyclic amines) is 1. The molecule has 0 bridgehead atoms. The molecule has 3 rings (SSSR count). The smallest absolute Gasteiger partial charge is 0.157 e. The van der Waals surface area contributed by atoms with E-state index >= 15 is 0 Å². The van der Waals surface area contributed by atoms with Crippen LogP contribution in [0.15, 0.2) is 18.5 Å². The van der Waals surface area contributed by atoms with Crippen molar-refractivity contribution in [2.45, 2.75) is 19.8 Å². The van der Waals surface area contributed by atoms with Crippen LogP contribution in [-0.2, 0) is 0 Å². The van der Waals surface area contributed by atoms with Crippen molar-refractivity contribution in [1.82, 2.24) is 19.5 Å². The summed E-state index contributed by atoms with van der Waals surface area (Å²) in [5.74, 6) is 1.03. The Morgan fingerprint density at radius 3 is 2.94 bits per heavy atom. The fourth-order valence-corrected chi connectivity index (χ4v) is 2.53. The van der Waals surface area contributed by atoms with Gasteiger partial charge in [-0.2, -0.15) is 9.61 Å². The van der Waals surface area contributed by atoms with Gasteiger partial charge in [0.15, 0.2) is 5.65 Å². The molecule has 0 spiro atoms. The Kier molecular flexibility index (Phi) is 3.15. The summed E-state index contributed by atoms with van der Waals surface area (Å²) in [5, 5.41) is 7.70. The van der Waals surface area contributed by atoms with Crippen LogP contribution in [0.25, 0.3) is 5.65 Å². The molecule has 2 aromatic rings. The Balaban J connectivity index is 1.67. The standard InChI is InChI=1S/C13H19N5/c1-11-8-12(18-13(9-11)15-10-16-18)14-4-7-17-5-2-3-6-17/h8-10,14H,2-7H2,1H3. The van der Waals surface area contributed by atoms with E-state index in [2.05, 4.69) is 33.3 Å². The van der Waals surface area contributed by atoms with Crippen LogP contribution in [0, 0.1) is 6.92 Å². The van der Waals surface area contributed by atoms with Crippen molar-refractivity contribution in [3.05, 3.63) is 24.0 Å². The monoisotopic (exact) mass is 245 g/mol. The Labute approximate surface area is 107 Å². The summed E-state index contributed by atoms with van der Waals surface area (Å²) >= 11 is 0. The molecule has 0 unspecified atom stereocenters. The molecule has 18 heavy (non-hydrogen) atoms. The summed E-state index contributed by atoms with van der Waals surface area (Å²) < 4.78 is 1.86. The van der Waals surface area contributed by atoms with Crippen molar-refractivity contribution in [1.29, 1.82) is 0 Å². The summed E-state index contributed by atoms with van der Waals surface area (Å²) in [6.45, 7) is 6.63. The second-order valence-corrected chi connectivity index (χ2v) is 4.92. The van der Waals surface area contributed by atoms with Crippen molar-refractivity contribution in [2.24, 2.45) is 0 Å². The zero-order chi connectivity index (χ0) is 12.4. The zero-order valence-electron chi connectivity index (χ0n) is 10.8. The Morgan fingerprint density at radius 1 is 1.28 bits per heavy atom. The summed E-state index contributed by atoms with van der Waals surface area (Å²) in [6.07, 6.45) is 4.29. The first kappa shape index (κ1) is 11.5. The molecule has 0 atom stereocenters. The number of nitrogens with zero attached hydrogens (tertiary/aromatic N) is 4. The first-order valence-corrected chi connectivity index (χ1v) is 6.59. The van der Waals surface area contributed by atoms with Gasteiger partial charge in [-0.25, -0.2) is 4.98 Å². The van der Waals surface area contributed by atoms with Crippen LogP contribution in [0.3, 0.4) is 0 Å². The third-order valence-corrected chi connectivity index (χ3v) is 3.46. The van der Waals surface area contributed by atoms with Gasteiger partial charge >= 0.3 is 0 Å². The molecule has 0 saturated carbocycles. The molecule has 5 heteroatoms. The van der Waals surface area contributed by atoms with Gasteiger partial charge in [-0.15, -0.1) is 0 Å². The van der Waals surface area contributed by atoms with Crippen LogP contribution < -0.4 is 5.32 Å². The molecule has 0 aromatic carbocycles. The molecule has 2 aromatic heterocycles. The zero-order valence-corrected chi connectivity index (χ0v) is 10.8. The molecule has 0 radical (unpaired) electrons. The van der Waals surface area contributed by atoms with Crippen LogP contribution in [-0.4, -0.2) is 45.7 Å². The molecule has 1 aliphatic heterocycles. The highest BCUT2D eigenvalue weighted by Crippen LogP contribution is 2.13. The van der Waals surface area contributed by atoms with E-state index < -0.39 is 0 Å². The number of nitrogens with one attached hydrogen (secondary N) is 1. The molecule has 1 N–H and O–H groups in total. The van der Waals surface area contributed by atoms with E-state index in [0.29, 0.717) is 0 Å². The van der Waals surface area contributed by atoms with Gasteiger partial charge in [0, 0.05) is 13.1 Å². The van der Waals surface area contributed by atoms with Crippen LogP contribution in [0.2, 0.25) is 0 Å². The third-order valence-electron chi connectivity index (χ3n) is 3.46. The highest BCUT2D eigenvalue weighted by molar-refractivity contribution is 5.51. The lowest BCUT2D eigenvalue weighted by molar-refractivity contribution is 0.352. The van der Waals surface area contributed by atoms with Gasteiger partial charge in [-0.3, -0.25) is 0 Å². The molecular formula is C13H19N5. The fraction of sp³-hybridized carbons (Fsp3) is 0.538. The predicted molar refractivity (Wildman–Crippen MR) is 71.9 cm³/mol. The lowest BCUT2D eigenvalue weighted by Crippen LogP contribution is -2.26. The molecule has 1 saturated heterocycles. The largest absolute Gasteiger partial charge is 0.369 e. The Morgan fingerprint density at radius 2 is 2.11 bits per heavy atom. The summed E-state index contributed by atoms with van der Waals surface area (Å²) in [6, 6.07) is 4.16. The van der Waals surface area contributed by atoms with Crippen molar-refractivity contribution >= 4 is 11.5 Å². The first-order valence-electron chi connectivity index (χ1n) is 6.59. The second-order valence-electron chi connectivity index (χ2n) is 4.92. The maximum absolute atomic E-state index is 4.24. The van der Waals surface area contributed by atoms with E-state index in [-0.39, 0.29) is 0 Å². The maximum atomic E-state index is 4.24. The number of fused-ring (bicyclic) bond motifs is 1. The van der Waals surface area contributed by atoms with E-state index in [9.17, 15) is 0 Å². The number of anilines is 1. The van der Waals surface area contributed by atoms with Gasteiger partial charge in [-0.1, -0.05) is 0 Å². The highest BCUT2D eigenvalue weighted by Gasteiger charge is 2.10. The minimum Gasteiger partial charge on any atom is -0.369 e. The van der Waals surface area contributed by atoms with E-state index in [1.807, 2.05) is 10.6 Å². The van der Waals surface area contributed by atoms with Gasteiger partial charge in [0.1, 0.15) is 12.1 Å². The first-order chi connectivity index (χ1) is 8.83.